The molecule has 2 aromatic rings. The van der Waals surface area contributed by atoms with E-state index in [1.165, 1.54) is 38.2 Å². The Morgan fingerprint density at radius 1 is 0.923 bits per heavy atom. The van der Waals surface area contributed by atoms with Crippen LogP contribution in [0.5, 0.6) is 0 Å². The minimum atomic E-state index is 0.564. The van der Waals surface area contributed by atoms with Gasteiger partial charge in [0, 0.05) is 25.6 Å². The zero-order valence-corrected chi connectivity index (χ0v) is 16.3. The molecular weight excluding hydrogens is 316 g/mol. The number of hydrogen-bond donors (Lipinski definition) is 0. The zero-order valence-electron chi connectivity index (χ0n) is 16.3. The van der Waals surface area contributed by atoms with Gasteiger partial charge in [-0.1, -0.05) is 68.4 Å². The van der Waals surface area contributed by atoms with E-state index in [-0.39, 0.29) is 0 Å². The summed E-state index contributed by atoms with van der Waals surface area (Å²) in [4.78, 5) is 5.27. The molecule has 0 aromatic heterocycles. The molecule has 138 valence electrons. The van der Waals surface area contributed by atoms with Crippen LogP contribution >= 0.6 is 0 Å². The van der Waals surface area contributed by atoms with Crippen molar-refractivity contribution in [2.75, 3.05) is 39.3 Å². The molecule has 0 amide bonds. The first-order chi connectivity index (χ1) is 12.8. The van der Waals surface area contributed by atoms with E-state index in [4.69, 9.17) is 0 Å². The molecule has 1 fully saturated rings. The third kappa shape index (κ3) is 3.33. The predicted octanol–water partition coefficient (Wildman–Crippen LogP) is 4.58. The standard InChI is InChI=1S/C24H32N2/c1-3-25(4-2)16-17-26-15-14-21-20-12-8-9-13-22(20)24(23(21)18-26)19-10-6-5-7-11-19/h5-13,21,23-24H,3-4,14-18H2,1-2H3/t21-,23-,24?/m0/s1. The van der Waals surface area contributed by atoms with Gasteiger partial charge in [0.25, 0.3) is 0 Å². The molecule has 2 aliphatic rings. The van der Waals surface area contributed by atoms with Crippen molar-refractivity contribution in [1.29, 1.82) is 0 Å². The van der Waals surface area contributed by atoms with Crippen molar-refractivity contribution in [2.45, 2.75) is 32.1 Å². The molecule has 1 aliphatic carbocycles. The van der Waals surface area contributed by atoms with Gasteiger partial charge in [-0.25, -0.2) is 0 Å². The predicted molar refractivity (Wildman–Crippen MR) is 110 cm³/mol. The van der Waals surface area contributed by atoms with Crippen molar-refractivity contribution in [3.05, 3.63) is 71.3 Å². The molecule has 0 radical (unpaired) electrons. The van der Waals surface area contributed by atoms with Crippen molar-refractivity contribution in [3.63, 3.8) is 0 Å². The van der Waals surface area contributed by atoms with Crippen LogP contribution < -0.4 is 0 Å². The number of benzene rings is 2. The topological polar surface area (TPSA) is 6.48 Å². The first-order valence-electron chi connectivity index (χ1n) is 10.4. The summed E-state index contributed by atoms with van der Waals surface area (Å²) < 4.78 is 0. The summed E-state index contributed by atoms with van der Waals surface area (Å²) in [6.45, 7) is 11.8. The van der Waals surface area contributed by atoms with Crippen molar-refractivity contribution < 1.29 is 0 Å². The summed E-state index contributed by atoms with van der Waals surface area (Å²) in [5.41, 5.74) is 4.70. The van der Waals surface area contributed by atoms with Gasteiger partial charge >= 0.3 is 0 Å². The summed E-state index contributed by atoms with van der Waals surface area (Å²) >= 11 is 0. The van der Waals surface area contributed by atoms with Gasteiger partial charge in [-0.15, -0.1) is 0 Å². The summed E-state index contributed by atoms with van der Waals surface area (Å²) in [7, 11) is 0. The molecule has 2 nitrogen and oxygen atoms in total. The highest BCUT2D eigenvalue weighted by Gasteiger charge is 2.43. The quantitative estimate of drug-likeness (QED) is 0.754. The Morgan fingerprint density at radius 2 is 1.62 bits per heavy atom. The van der Waals surface area contributed by atoms with Crippen molar-refractivity contribution in [1.82, 2.24) is 9.80 Å². The van der Waals surface area contributed by atoms with E-state index in [0.29, 0.717) is 5.92 Å². The number of piperidine rings is 1. The van der Waals surface area contributed by atoms with Gasteiger partial charge in [0.15, 0.2) is 0 Å². The lowest BCUT2D eigenvalue weighted by atomic mass is 9.79. The van der Waals surface area contributed by atoms with Gasteiger partial charge in [-0.05, 0) is 54.6 Å². The van der Waals surface area contributed by atoms with Gasteiger partial charge in [0.1, 0.15) is 0 Å². The van der Waals surface area contributed by atoms with E-state index >= 15 is 0 Å². The van der Waals surface area contributed by atoms with E-state index in [2.05, 4.69) is 78.2 Å². The van der Waals surface area contributed by atoms with Crippen LogP contribution in [0, 0.1) is 5.92 Å². The third-order valence-corrected chi connectivity index (χ3v) is 6.69. The monoisotopic (exact) mass is 348 g/mol. The Balaban J connectivity index is 1.56. The average molecular weight is 349 g/mol. The van der Waals surface area contributed by atoms with Crippen LogP contribution in [-0.4, -0.2) is 49.1 Å². The fourth-order valence-electron chi connectivity index (χ4n) is 5.25. The maximum atomic E-state index is 2.72. The molecule has 0 saturated carbocycles. The smallest absolute Gasteiger partial charge is 0.0138 e. The Labute approximate surface area is 158 Å². The Bertz CT molecular complexity index is 707. The van der Waals surface area contributed by atoms with Crippen LogP contribution in [0.15, 0.2) is 54.6 Å². The molecule has 1 heterocycles. The molecule has 4 rings (SSSR count). The van der Waals surface area contributed by atoms with Crippen molar-refractivity contribution in [2.24, 2.45) is 5.92 Å². The molecule has 0 spiro atoms. The third-order valence-electron chi connectivity index (χ3n) is 6.69. The first-order valence-corrected chi connectivity index (χ1v) is 10.4. The van der Waals surface area contributed by atoms with Crippen LogP contribution in [0.4, 0.5) is 0 Å². The van der Waals surface area contributed by atoms with Crippen molar-refractivity contribution in [3.8, 4) is 0 Å². The molecule has 2 heteroatoms. The van der Waals surface area contributed by atoms with E-state index in [0.717, 1.165) is 24.9 Å². The molecule has 1 aliphatic heterocycles. The number of nitrogens with zero attached hydrogens (tertiary/aromatic N) is 2. The Hall–Kier alpha value is -1.64. The van der Waals surface area contributed by atoms with Crippen LogP contribution in [-0.2, 0) is 0 Å². The fourth-order valence-corrected chi connectivity index (χ4v) is 5.25. The largest absolute Gasteiger partial charge is 0.303 e. The molecular formula is C24H32N2. The number of rotatable bonds is 6. The summed E-state index contributed by atoms with van der Waals surface area (Å²) in [5, 5.41) is 0. The van der Waals surface area contributed by atoms with E-state index in [9.17, 15) is 0 Å². The van der Waals surface area contributed by atoms with Crippen LogP contribution in [0.1, 0.15) is 48.8 Å². The molecule has 0 bridgehead atoms. The van der Waals surface area contributed by atoms with Gasteiger partial charge < -0.3 is 9.80 Å². The fraction of sp³-hybridized carbons (Fsp3) is 0.500. The second-order valence-corrected chi connectivity index (χ2v) is 7.90. The van der Waals surface area contributed by atoms with Crippen LogP contribution in [0.3, 0.4) is 0 Å². The minimum Gasteiger partial charge on any atom is -0.303 e. The lowest BCUT2D eigenvalue weighted by Crippen LogP contribution is -2.43. The zero-order chi connectivity index (χ0) is 17.9. The highest BCUT2D eigenvalue weighted by Crippen LogP contribution is 2.52. The normalized spacial score (nSPS) is 25.3. The number of likely N-dealkylation sites (N-methyl/N-ethyl adjacent to an activating group) is 1. The second kappa shape index (κ2) is 7.94. The molecule has 3 atom stereocenters. The Morgan fingerprint density at radius 3 is 2.35 bits per heavy atom. The van der Waals surface area contributed by atoms with Gasteiger partial charge in [-0.2, -0.15) is 0 Å². The minimum absolute atomic E-state index is 0.564. The lowest BCUT2D eigenvalue weighted by molar-refractivity contribution is 0.136. The summed E-state index contributed by atoms with van der Waals surface area (Å²) in [5.74, 6) is 2.02. The second-order valence-electron chi connectivity index (χ2n) is 7.90. The summed E-state index contributed by atoms with van der Waals surface area (Å²) in [6, 6.07) is 20.4. The first kappa shape index (κ1) is 17.8. The van der Waals surface area contributed by atoms with Crippen molar-refractivity contribution >= 4 is 0 Å². The van der Waals surface area contributed by atoms with E-state index in [1.54, 1.807) is 11.1 Å². The highest BCUT2D eigenvalue weighted by molar-refractivity contribution is 5.46. The number of hydrogen-bond acceptors (Lipinski definition) is 2. The molecule has 0 N–H and O–H groups in total. The van der Waals surface area contributed by atoms with Crippen LogP contribution in [0.25, 0.3) is 0 Å². The molecule has 26 heavy (non-hydrogen) atoms. The van der Waals surface area contributed by atoms with E-state index in [1.807, 2.05) is 0 Å². The maximum Gasteiger partial charge on any atom is 0.0138 e. The van der Waals surface area contributed by atoms with Gasteiger partial charge in [0.2, 0.25) is 0 Å². The number of fused-ring (bicyclic) bond motifs is 3. The number of likely N-dealkylation sites (tertiary alicyclic amines) is 1. The lowest BCUT2D eigenvalue weighted by Gasteiger charge is -2.38. The average Bonchev–Trinajstić information content (AvgIpc) is 3.03. The highest BCUT2D eigenvalue weighted by atomic mass is 15.2. The molecule has 1 unspecified atom stereocenters. The molecule has 1 saturated heterocycles. The maximum absolute atomic E-state index is 2.72. The van der Waals surface area contributed by atoms with Gasteiger partial charge in [0.05, 0.1) is 0 Å². The SMILES string of the molecule is CCN(CC)CCN1CC[C@H]2c3ccccc3C(c3ccccc3)[C@H]2C1. The van der Waals surface area contributed by atoms with E-state index < -0.39 is 0 Å². The van der Waals surface area contributed by atoms with Crippen LogP contribution in [0.2, 0.25) is 0 Å². The summed E-state index contributed by atoms with van der Waals surface area (Å²) in [6.07, 6.45) is 1.31. The Kier molecular flexibility index (Phi) is 5.42. The molecule has 2 aromatic carbocycles. The van der Waals surface area contributed by atoms with Gasteiger partial charge in [-0.3, -0.25) is 0 Å².